The van der Waals surface area contributed by atoms with Gasteiger partial charge in [0.05, 0.1) is 26.4 Å². The predicted octanol–water partition coefficient (Wildman–Crippen LogP) is 3.91. The summed E-state index contributed by atoms with van der Waals surface area (Å²) >= 11 is 0. The van der Waals surface area contributed by atoms with Crippen LogP contribution < -0.4 is 19.7 Å². The molecule has 0 spiro atoms. The molecule has 1 aliphatic rings. The Morgan fingerprint density at radius 1 is 0.968 bits per heavy atom. The fraction of sp³-hybridized carbons (Fsp3) is 0.348. The zero-order chi connectivity index (χ0) is 21.8. The van der Waals surface area contributed by atoms with Crippen LogP contribution in [-0.4, -0.2) is 54.5 Å². The number of nitrogens with one attached hydrogen (secondary N) is 1. The van der Waals surface area contributed by atoms with Gasteiger partial charge in [0.1, 0.15) is 17.3 Å². The maximum absolute atomic E-state index is 5.82. The number of anilines is 3. The van der Waals surface area contributed by atoms with Gasteiger partial charge in [-0.25, -0.2) is 9.97 Å². The van der Waals surface area contributed by atoms with Gasteiger partial charge < -0.3 is 24.4 Å². The highest BCUT2D eigenvalue weighted by Gasteiger charge is 2.24. The normalized spacial score (nSPS) is 18.5. The number of pyridine rings is 1. The lowest BCUT2D eigenvalue weighted by Gasteiger charge is -2.35. The minimum atomic E-state index is 0.134. The van der Waals surface area contributed by atoms with E-state index < -0.39 is 0 Å². The van der Waals surface area contributed by atoms with E-state index in [4.69, 9.17) is 19.2 Å². The lowest BCUT2D eigenvalue weighted by atomic mass is 10.1. The summed E-state index contributed by atoms with van der Waals surface area (Å²) in [6.07, 6.45) is 3.81. The topological polar surface area (TPSA) is 81.6 Å². The maximum Gasteiger partial charge on any atom is 0.237 e. The molecular weight excluding hydrogens is 394 g/mol. The van der Waals surface area contributed by atoms with Crippen LogP contribution in [0, 0.1) is 0 Å². The monoisotopic (exact) mass is 421 g/mol. The standard InChI is InChI=1S/C23H27N5O3/c1-15-13-28(14-16(2)31-15)23-24-10-9-21(27-23)26-20-11-18(12-25-22(20)30-4)17-5-7-19(29-3)8-6-17/h5-12,15-16H,13-14H2,1-4H3,(H,24,26,27)/t15-,16+. The van der Waals surface area contributed by atoms with Crippen molar-refractivity contribution in [3.05, 3.63) is 48.8 Å². The quantitative estimate of drug-likeness (QED) is 0.642. The van der Waals surface area contributed by atoms with Crippen molar-refractivity contribution in [1.29, 1.82) is 0 Å². The molecule has 8 heteroatoms. The number of ether oxygens (including phenoxy) is 3. The third-order valence-corrected chi connectivity index (χ3v) is 5.08. The average molecular weight is 422 g/mol. The highest BCUT2D eigenvalue weighted by atomic mass is 16.5. The van der Waals surface area contributed by atoms with Gasteiger partial charge in [0, 0.05) is 31.0 Å². The van der Waals surface area contributed by atoms with Gasteiger partial charge in [-0.05, 0) is 43.7 Å². The van der Waals surface area contributed by atoms with Crippen LogP contribution in [0.15, 0.2) is 48.8 Å². The van der Waals surface area contributed by atoms with Crippen LogP contribution in [-0.2, 0) is 4.74 Å². The first-order valence-corrected chi connectivity index (χ1v) is 10.2. The molecule has 4 rings (SSSR count). The van der Waals surface area contributed by atoms with Crippen LogP contribution >= 0.6 is 0 Å². The summed E-state index contributed by atoms with van der Waals surface area (Å²) in [5, 5.41) is 3.34. The van der Waals surface area contributed by atoms with Gasteiger partial charge in [0.25, 0.3) is 0 Å². The molecule has 3 aromatic rings. The molecule has 0 amide bonds. The van der Waals surface area contributed by atoms with E-state index in [1.807, 2.05) is 36.4 Å². The summed E-state index contributed by atoms with van der Waals surface area (Å²) in [6.45, 7) is 5.63. The minimum absolute atomic E-state index is 0.134. The molecule has 0 radical (unpaired) electrons. The molecule has 1 aromatic carbocycles. The van der Waals surface area contributed by atoms with E-state index in [1.165, 1.54) is 0 Å². The first kappa shape index (κ1) is 20.9. The molecule has 1 aliphatic heterocycles. The van der Waals surface area contributed by atoms with E-state index in [2.05, 4.69) is 34.0 Å². The van der Waals surface area contributed by atoms with Gasteiger partial charge in [0.2, 0.25) is 11.8 Å². The molecule has 1 fully saturated rings. The molecular formula is C23H27N5O3. The van der Waals surface area contributed by atoms with E-state index in [0.717, 1.165) is 35.7 Å². The summed E-state index contributed by atoms with van der Waals surface area (Å²) in [5.74, 6) is 2.64. The highest BCUT2D eigenvalue weighted by Crippen LogP contribution is 2.31. The van der Waals surface area contributed by atoms with Crippen LogP contribution in [0.4, 0.5) is 17.5 Å². The fourth-order valence-corrected chi connectivity index (χ4v) is 3.70. The van der Waals surface area contributed by atoms with Crippen molar-refractivity contribution in [2.24, 2.45) is 0 Å². The smallest absolute Gasteiger partial charge is 0.237 e. The molecule has 8 nitrogen and oxygen atoms in total. The van der Waals surface area contributed by atoms with Crippen molar-refractivity contribution in [1.82, 2.24) is 15.0 Å². The number of hydrogen-bond acceptors (Lipinski definition) is 8. The Kier molecular flexibility index (Phi) is 6.18. The van der Waals surface area contributed by atoms with Crippen molar-refractivity contribution in [3.8, 4) is 22.8 Å². The molecule has 0 aliphatic carbocycles. The summed E-state index contributed by atoms with van der Waals surface area (Å²) in [5.41, 5.74) is 2.71. The molecule has 1 saturated heterocycles. The van der Waals surface area contributed by atoms with Crippen LogP contribution in [0.25, 0.3) is 11.1 Å². The summed E-state index contributed by atoms with van der Waals surface area (Å²) in [4.78, 5) is 15.8. The number of hydrogen-bond donors (Lipinski definition) is 1. The number of aromatic nitrogens is 3. The third kappa shape index (κ3) is 4.86. The van der Waals surface area contributed by atoms with E-state index in [-0.39, 0.29) is 12.2 Å². The zero-order valence-corrected chi connectivity index (χ0v) is 18.2. The van der Waals surface area contributed by atoms with Gasteiger partial charge in [-0.1, -0.05) is 12.1 Å². The maximum atomic E-state index is 5.82. The Morgan fingerprint density at radius 2 is 1.71 bits per heavy atom. The molecule has 0 unspecified atom stereocenters. The number of methoxy groups -OCH3 is 2. The highest BCUT2D eigenvalue weighted by molar-refractivity contribution is 5.72. The molecule has 2 atom stereocenters. The average Bonchev–Trinajstić information content (AvgIpc) is 2.79. The van der Waals surface area contributed by atoms with Crippen molar-refractivity contribution >= 4 is 17.5 Å². The van der Waals surface area contributed by atoms with Crippen molar-refractivity contribution < 1.29 is 14.2 Å². The Balaban J connectivity index is 1.59. The Labute approximate surface area is 182 Å². The first-order valence-electron chi connectivity index (χ1n) is 10.2. The number of benzene rings is 1. The van der Waals surface area contributed by atoms with E-state index in [0.29, 0.717) is 17.6 Å². The minimum Gasteiger partial charge on any atom is -0.497 e. The van der Waals surface area contributed by atoms with Crippen molar-refractivity contribution in [2.75, 3.05) is 37.5 Å². The van der Waals surface area contributed by atoms with Gasteiger partial charge >= 0.3 is 0 Å². The molecule has 2 aromatic heterocycles. The molecule has 31 heavy (non-hydrogen) atoms. The Hall–Kier alpha value is -3.39. The van der Waals surface area contributed by atoms with Gasteiger partial charge in [0.15, 0.2) is 0 Å². The molecule has 1 N–H and O–H groups in total. The van der Waals surface area contributed by atoms with Crippen LogP contribution in [0.1, 0.15) is 13.8 Å². The van der Waals surface area contributed by atoms with Crippen molar-refractivity contribution in [2.45, 2.75) is 26.1 Å². The molecule has 0 saturated carbocycles. The summed E-state index contributed by atoms with van der Waals surface area (Å²) in [6, 6.07) is 11.7. The van der Waals surface area contributed by atoms with Crippen LogP contribution in [0.3, 0.4) is 0 Å². The Bertz CT molecular complexity index is 1020. The van der Waals surface area contributed by atoms with E-state index in [1.54, 1.807) is 26.6 Å². The van der Waals surface area contributed by atoms with Crippen LogP contribution in [0.2, 0.25) is 0 Å². The third-order valence-electron chi connectivity index (χ3n) is 5.08. The predicted molar refractivity (Wildman–Crippen MR) is 120 cm³/mol. The summed E-state index contributed by atoms with van der Waals surface area (Å²) in [7, 11) is 3.25. The lowest BCUT2D eigenvalue weighted by Crippen LogP contribution is -2.46. The molecule has 0 bridgehead atoms. The molecule has 3 heterocycles. The Morgan fingerprint density at radius 3 is 2.39 bits per heavy atom. The zero-order valence-electron chi connectivity index (χ0n) is 18.2. The van der Waals surface area contributed by atoms with Crippen LogP contribution in [0.5, 0.6) is 11.6 Å². The van der Waals surface area contributed by atoms with E-state index >= 15 is 0 Å². The lowest BCUT2D eigenvalue weighted by molar-refractivity contribution is -0.00571. The molecule has 162 valence electrons. The van der Waals surface area contributed by atoms with Gasteiger partial charge in [-0.2, -0.15) is 4.98 Å². The fourth-order valence-electron chi connectivity index (χ4n) is 3.70. The number of morpholine rings is 1. The SMILES string of the molecule is COc1ccc(-c2cnc(OC)c(Nc3ccnc(N4C[C@@H](C)O[C@@H](C)C4)n3)c2)cc1. The second kappa shape index (κ2) is 9.18. The second-order valence-electron chi connectivity index (χ2n) is 7.54. The first-order chi connectivity index (χ1) is 15.1. The van der Waals surface area contributed by atoms with Gasteiger partial charge in [-0.15, -0.1) is 0 Å². The number of nitrogens with zero attached hydrogens (tertiary/aromatic N) is 4. The largest absolute Gasteiger partial charge is 0.497 e. The van der Waals surface area contributed by atoms with E-state index in [9.17, 15) is 0 Å². The van der Waals surface area contributed by atoms with Gasteiger partial charge in [-0.3, -0.25) is 0 Å². The van der Waals surface area contributed by atoms with Crippen molar-refractivity contribution in [3.63, 3.8) is 0 Å². The summed E-state index contributed by atoms with van der Waals surface area (Å²) < 4.78 is 16.5. The number of rotatable bonds is 6. The second-order valence-corrected chi connectivity index (χ2v) is 7.54.